The van der Waals surface area contributed by atoms with Crippen molar-refractivity contribution in [3.05, 3.63) is 0 Å². The average Bonchev–Trinajstić information content (AvgIpc) is 2.84. The lowest BCUT2D eigenvalue weighted by atomic mass is 10.0. The van der Waals surface area contributed by atoms with Gasteiger partial charge in [0.05, 0.1) is 12.8 Å². The average molecular weight is 553 g/mol. The van der Waals surface area contributed by atoms with Crippen molar-refractivity contribution in [3.63, 3.8) is 0 Å². The molecule has 0 saturated heterocycles. The first kappa shape index (κ1) is 39.8. The predicted octanol–water partition coefficient (Wildman–Crippen LogP) is 4.15. The van der Waals surface area contributed by atoms with Gasteiger partial charge >= 0.3 is 29.8 Å². The Bertz CT molecular complexity index is 604. The van der Waals surface area contributed by atoms with Gasteiger partial charge in [-0.25, -0.2) is 9.59 Å². The molecule has 0 radical (unpaired) electrons. The molecule has 0 saturated carbocycles. The highest BCUT2D eigenvalue weighted by Crippen LogP contribution is 2.13. The second kappa shape index (κ2) is 28.8. The molecule has 0 amide bonds. The maximum Gasteiger partial charge on any atom is 0.335 e. The van der Waals surface area contributed by atoms with Gasteiger partial charge in [0.2, 0.25) is 0 Å². The summed E-state index contributed by atoms with van der Waals surface area (Å²) in [4.78, 5) is 49.2. The van der Waals surface area contributed by atoms with E-state index in [1.165, 1.54) is 83.5 Å². The van der Waals surface area contributed by atoms with Gasteiger partial charge in [0.25, 0.3) is 0 Å². The van der Waals surface area contributed by atoms with E-state index in [1.807, 2.05) is 0 Å². The van der Waals surface area contributed by atoms with E-state index in [1.54, 1.807) is 0 Å². The fraction of sp³-hybridized carbons (Fsp3) is 0.808. The van der Waals surface area contributed by atoms with Crippen LogP contribution in [0.2, 0.25) is 0 Å². The van der Waals surface area contributed by atoms with Gasteiger partial charge in [-0.05, 0) is 6.42 Å². The lowest BCUT2D eigenvalue weighted by Gasteiger charge is -2.07. The number of carbonyl (C=O) groups is 5. The van der Waals surface area contributed by atoms with Crippen LogP contribution in [0.3, 0.4) is 0 Å². The van der Waals surface area contributed by atoms with Crippen molar-refractivity contribution in [3.8, 4) is 0 Å². The lowest BCUT2D eigenvalue weighted by molar-refractivity contribution is -0.165. The van der Waals surface area contributed by atoms with Crippen LogP contribution in [0.4, 0.5) is 0 Å². The van der Waals surface area contributed by atoms with Gasteiger partial charge in [-0.1, -0.05) is 96.8 Å². The normalized spacial score (nSPS) is 11.7. The summed E-state index contributed by atoms with van der Waals surface area (Å²) in [5, 5.41) is 56.8. The largest absolute Gasteiger partial charge is 0.481 e. The Hall–Kier alpha value is -2.73. The molecule has 0 heterocycles. The Kier molecular flexibility index (Phi) is 30.2. The lowest BCUT2D eigenvalue weighted by Crippen LogP contribution is -2.39. The van der Waals surface area contributed by atoms with Gasteiger partial charge in [0, 0.05) is 6.42 Å². The molecule has 224 valence electrons. The van der Waals surface area contributed by atoms with Gasteiger partial charge in [0.15, 0.2) is 12.2 Å². The third kappa shape index (κ3) is 35.4. The van der Waals surface area contributed by atoms with Gasteiger partial charge in [-0.3, -0.25) is 14.4 Å². The van der Waals surface area contributed by atoms with Gasteiger partial charge in [-0.2, -0.15) is 0 Å². The van der Waals surface area contributed by atoms with Gasteiger partial charge < -0.3 is 35.7 Å². The molecule has 12 heteroatoms. The number of carboxylic acids is 5. The van der Waals surface area contributed by atoms with Crippen LogP contribution in [-0.4, -0.2) is 77.8 Å². The van der Waals surface area contributed by atoms with Crippen LogP contribution in [0.25, 0.3) is 0 Å². The van der Waals surface area contributed by atoms with Crippen LogP contribution in [-0.2, 0) is 24.0 Å². The van der Waals surface area contributed by atoms with Gasteiger partial charge in [-0.15, -0.1) is 0 Å². The monoisotopic (exact) mass is 552 g/mol. The molecule has 0 aromatic rings. The Morgan fingerprint density at radius 1 is 0.421 bits per heavy atom. The highest BCUT2D eigenvalue weighted by atomic mass is 16.4. The summed E-state index contributed by atoms with van der Waals surface area (Å²) in [5.74, 6) is -6.34. The summed E-state index contributed by atoms with van der Waals surface area (Å²) in [6.07, 6.45) is 15.1. The van der Waals surface area contributed by atoms with E-state index < -0.39 is 42.1 Å². The smallest absolute Gasteiger partial charge is 0.335 e. The number of hydrogen-bond acceptors (Lipinski definition) is 7. The summed E-state index contributed by atoms with van der Waals surface area (Å²) >= 11 is 0. The Balaban J connectivity index is -0.000000564. The molecule has 12 nitrogen and oxygen atoms in total. The first-order valence-corrected chi connectivity index (χ1v) is 13.3. The van der Waals surface area contributed by atoms with Crippen LogP contribution in [0.15, 0.2) is 0 Å². The van der Waals surface area contributed by atoms with Crippen LogP contribution >= 0.6 is 0 Å². The van der Waals surface area contributed by atoms with Crippen molar-refractivity contribution in [2.45, 2.75) is 135 Å². The van der Waals surface area contributed by atoms with Crippen molar-refractivity contribution >= 4 is 29.8 Å². The second-order valence-corrected chi connectivity index (χ2v) is 8.95. The zero-order chi connectivity index (χ0) is 29.8. The molecular formula is C26H48O12. The molecule has 0 bridgehead atoms. The summed E-state index contributed by atoms with van der Waals surface area (Å²) in [7, 11) is 0. The van der Waals surface area contributed by atoms with E-state index in [0.717, 1.165) is 12.8 Å². The zero-order valence-corrected chi connectivity index (χ0v) is 22.6. The van der Waals surface area contributed by atoms with Crippen molar-refractivity contribution in [2.75, 3.05) is 0 Å². The van der Waals surface area contributed by atoms with Crippen molar-refractivity contribution in [1.82, 2.24) is 0 Å². The first-order chi connectivity index (χ1) is 17.9. The Morgan fingerprint density at radius 3 is 0.868 bits per heavy atom. The minimum atomic E-state index is -2.27. The van der Waals surface area contributed by atoms with Crippen LogP contribution in [0.5, 0.6) is 0 Å². The highest BCUT2D eigenvalue weighted by molar-refractivity contribution is 5.83. The van der Waals surface area contributed by atoms with Gasteiger partial charge in [0.1, 0.15) is 0 Å². The molecule has 0 aliphatic rings. The van der Waals surface area contributed by atoms with E-state index in [9.17, 15) is 24.0 Å². The molecule has 0 fully saturated rings. The molecule has 0 aliphatic heterocycles. The number of carboxylic acid groups (broad SMARTS) is 5. The molecule has 0 aromatic carbocycles. The zero-order valence-electron chi connectivity index (χ0n) is 22.6. The van der Waals surface area contributed by atoms with Crippen molar-refractivity contribution in [2.24, 2.45) is 0 Å². The standard InChI is InChI=1S/C18H36O2.C4H6O6.C4H6O4/c1-2-3-4-5-6-7-8-9-10-11-12-13-14-15-16-17-18(19)20;5-1(3(7)8)2(6)4(9)10;5-3(6)1-2-4(7)8/h2-17H2,1H3,(H,19,20);1-2,5-6H,(H,7,8)(H,9,10);1-2H2,(H,5,6)(H,7,8). The quantitative estimate of drug-likeness (QED) is 0.0940. The second-order valence-electron chi connectivity index (χ2n) is 8.95. The fourth-order valence-electron chi connectivity index (χ4n) is 3.13. The number of aliphatic carboxylic acids is 5. The third-order valence-electron chi connectivity index (χ3n) is 5.35. The van der Waals surface area contributed by atoms with E-state index in [0.29, 0.717) is 6.42 Å². The molecule has 7 N–H and O–H groups in total. The van der Waals surface area contributed by atoms with Crippen LogP contribution in [0.1, 0.15) is 122 Å². The topological polar surface area (TPSA) is 227 Å². The fourth-order valence-corrected chi connectivity index (χ4v) is 3.13. The maximum atomic E-state index is 10.3. The van der Waals surface area contributed by atoms with E-state index in [4.69, 9.17) is 35.7 Å². The van der Waals surface area contributed by atoms with Crippen molar-refractivity contribution in [1.29, 1.82) is 0 Å². The summed E-state index contributed by atoms with van der Waals surface area (Å²) < 4.78 is 0. The molecule has 0 spiro atoms. The molecule has 38 heavy (non-hydrogen) atoms. The molecule has 0 aromatic heterocycles. The number of aliphatic hydroxyl groups is 2. The Labute approximate surface area is 224 Å². The number of unbranched alkanes of at least 4 members (excludes halogenated alkanes) is 14. The molecule has 0 rings (SSSR count). The third-order valence-corrected chi connectivity index (χ3v) is 5.35. The molecule has 2 atom stereocenters. The predicted molar refractivity (Wildman–Crippen MR) is 139 cm³/mol. The van der Waals surface area contributed by atoms with E-state index >= 15 is 0 Å². The van der Waals surface area contributed by atoms with Crippen LogP contribution in [0, 0.1) is 0 Å². The van der Waals surface area contributed by atoms with Crippen LogP contribution < -0.4 is 0 Å². The van der Waals surface area contributed by atoms with E-state index in [2.05, 4.69) is 6.92 Å². The Morgan fingerprint density at radius 2 is 0.658 bits per heavy atom. The number of aliphatic hydroxyl groups excluding tert-OH is 2. The minimum absolute atomic E-state index is 0.296. The summed E-state index contributed by atoms with van der Waals surface area (Å²) in [5.41, 5.74) is 0. The first-order valence-electron chi connectivity index (χ1n) is 13.3. The van der Waals surface area contributed by atoms with E-state index in [-0.39, 0.29) is 12.8 Å². The maximum absolute atomic E-state index is 10.3. The molecule has 0 aliphatic carbocycles. The number of rotatable bonds is 22. The summed E-state index contributed by atoms with van der Waals surface area (Å²) in [6, 6.07) is 0. The van der Waals surface area contributed by atoms with Crippen molar-refractivity contribution < 1.29 is 59.7 Å². The minimum Gasteiger partial charge on any atom is -0.481 e. The molecular weight excluding hydrogens is 504 g/mol. The molecule has 2 unspecified atom stereocenters. The number of hydrogen-bond donors (Lipinski definition) is 7. The SMILES string of the molecule is CCCCCCCCCCCCCCCCCC(=O)O.O=C(O)C(O)C(O)C(=O)O.O=C(O)CCC(=O)O. The summed E-state index contributed by atoms with van der Waals surface area (Å²) in [6.45, 7) is 2.27. The highest BCUT2D eigenvalue weighted by Gasteiger charge is 2.29.